The Bertz CT molecular complexity index is 569. The molecule has 1 aromatic rings. The molecule has 0 spiro atoms. The largest absolute Gasteiger partial charge is 0.352 e. The zero-order chi connectivity index (χ0) is 16.1. The van der Waals surface area contributed by atoms with Crippen LogP contribution < -0.4 is 5.32 Å². The van der Waals surface area contributed by atoms with E-state index in [-0.39, 0.29) is 11.9 Å². The van der Waals surface area contributed by atoms with E-state index in [1.54, 1.807) is 0 Å². The second-order valence-electron chi connectivity index (χ2n) is 6.78. The van der Waals surface area contributed by atoms with Crippen molar-refractivity contribution in [2.24, 2.45) is 0 Å². The molecule has 3 rings (SSSR count). The van der Waals surface area contributed by atoms with Crippen molar-refractivity contribution in [1.29, 1.82) is 5.26 Å². The maximum atomic E-state index is 12.6. The Morgan fingerprint density at radius 2 is 1.87 bits per heavy atom. The first-order valence-corrected chi connectivity index (χ1v) is 8.80. The lowest BCUT2D eigenvalue weighted by Gasteiger charge is -2.28. The zero-order valence-electron chi connectivity index (χ0n) is 13.6. The third-order valence-corrected chi connectivity index (χ3v) is 5.09. The van der Waals surface area contributed by atoms with E-state index in [0.29, 0.717) is 11.6 Å². The molecule has 1 unspecified atom stereocenters. The molecule has 1 aliphatic heterocycles. The van der Waals surface area contributed by atoms with Crippen LogP contribution >= 0.6 is 0 Å². The van der Waals surface area contributed by atoms with Crippen LogP contribution in [-0.4, -0.2) is 29.4 Å². The summed E-state index contributed by atoms with van der Waals surface area (Å²) >= 11 is 0. The summed E-state index contributed by atoms with van der Waals surface area (Å²) in [6.45, 7) is 1.76. The smallest absolute Gasteiger partial charge is 0.237 e. The van der Waals surface area contributed by atoms with Gasteiger partial charge in [0.1, 0.15) is 0 Å². The average Bonchev–Trinajstić information content (AvgIpc) is 3.05. The average molecular weight is 311 g/mol. The van der Waals surface area contributed by atoms with Crippen molar-refractivity contribution in [3.05, 3.63) is 35.4 Å². The molecule has 0 bridgehead atoms. The molecular weight excluding hydrogens is 286 g/mol. The SMILES string of the molecule is N#Cc1ccc(CN2CCCC2C(=O)NC2CCCCC2)cc1. The van der Waals surface area contributed by atoms with Gasteiger partial charge in [0, 0.05) is 12.6 Å². The molecule has 122 valence electrons. The van der Waals surface area contributed by atoms with Crippen LogP contribution in [0.3, 0.4) is 0 Å². The van der Waals surface area contributed by atoms with Crippen LogP contribution in [0.2, 0.25) is 0 Å². The number of carbonyl (C=O) groups excluding carboxylic acids is 1. The number of hydrogen-bond donors (Lipinski definition) is 1. The summed E-state index contributed by atoms with van der Waals surface area (Å²) in [7, 11) is 0. The number of nitrogens with one attached hydrogen (secondary N) is 1. The first-order valence-electron chi connectivity index (χ1n) is 8.80. The molecule has 4 heteroatoms. The molecule has 23 heavy (non-hydrogen) atoms. The maximum absolute atomic E-state index is 12.6. The van der Waals surface area contributed by atoms with Crippen molar-refractivity contribution in [2.45, 2.75) is 63.6 Å². The highest BCUT2D eigenvalue weighted by atomic mass is 16.2. The molecule has 1 saturated carbocycles. The van der Waals surface area contributed by atoms with Gasteiger partial charge in [-0.3, -0.25) is 9.69 Å². The van der Waals surface area contributed by atoms with E-state index in [2.05, 4.69) is 16.3 Å². The van der Waals surface area contributed by atoms with Gasteiger partial charge in [0.25, 0.3) is 0 Å². The lowest BCUT2D eigenvalue weighted by molar-refractivity contribution is -0.126. The van der Waals surface area contributed by atoms with Gasteiger partial charge in [0.2, 0.25) is 5.91 Å². The fraction of sp³-hybridized carbons (Fsp3) is 0.579. The highest BCUT2D eigenvalue weighted by Crippen LogP contribution is 2.22. The molecule has 1 N–H and O–H groups in total. The van der Waals surface area contributed by atoms with E-state index in [4.69, 9.17) is 5.26 Å². The topological polar surface area (TPSA) is 56.1 Å². The Labute approximate surface area is 138 Å². The molecule has 1 aliphatic carbocycles. The van der Waals surface area contributed by atoms with Crippen LogP contribution in [0.15, 0.2) is 24.3 Å². The lowest BCUT2D eigenvalue weighted by atomic mass is 9.95. The monoisotopic (exact) mass is 311 g/mol. The van der Waals surface area contributed by atoms with E-state index in [1.165, 1.54) is 24.8 Å². The maximum Gasteiger partial charge on any atom is 0.237 e. The van der Waals surface area contributed by atoms with E-state index < -0.39 is 0 Å². The van der Waals surface area contributed by atoms with Crippen LogP contribution in [-0.2, 0) is 11.3 Å². The second kappa shape index (κ2) is 7.61. The number of nitriles is 1. The number of likely N-dealkylation sites (tertiary alicyclic amines) is 1. The third-order valence-electron chi connectivity index (χ3n) is 5.09. The summed E-state index contributed by atoms with van der Waals surface area (Å²) in [5.41, 5.74) is 1.85. The molecular formula is C19H25N3O. The van der Waals surface area contributed by atoms with Crippen LogP contribution in [0, 0.1) is 11.3 Å². The molecule has 4 nitrogen and oxygen atoms in total. The van der Waals surface area contributed by atoms with Gasteiger partial charge in [0.15, 0.2) is 0 Å². The fourth-order valence-corrected chi connectivity index (χ4v) is 3.78. The molecule has 1 amide bonds. The van der Waals surface area contributed by atoms with Crippen LogP contribution in [0.5, 0.6) is 0 Å². The molecule has 0 radical (unpaired) electrons. The minimum Gasteiger partial charge on any atom is -0.352 e. The van der Waals surface area contributed by atoms with Gasteiger partial charge < -0.3 is 5.32 Å². The number of benzene rings is 1. The summed E-state index contributed by atoms with van der Waals surface area (Å²) in [5, 5.41) is 12.1. The normalized spacial score (nSPS) is 22.7. The summed E-state index contributed by atoms with van der Waals surface area (Å²) in [6.07, 6.45) is 8.09. The zero-order valence-corrected chi connectivity index (χ0v) is 13.6. The Balaban J connectivity index is 1.58. The molecule has 2 fully saturated rings. The van der Waals surface area contributed by atoms with Crippen molar-refractivity contribution in [3.8, 4) is 6.07 Å². The second-order valence-corrected chi connectivity index (χ2v) is 6.78. The van der Waals surface area contributed by atoms with Gasteiger partial charge in [-0.05, 0) is 49.9 Å². The van der Waals surface area contributed by atoms with Crippen LogP contribution in [0.4, 0.5) is 0 Å². The standard InChI is InChI=1S/C19H25N3O/c20-13-15-8-10-16(11-9-15)14-22-12-4-7-18(22)19(23)21-17-5-2-1-3-6-17/h8-11,17-18H,1-7,12,14H2,(H,21,23). The van der Waals surface area contributed by atoms with E-state index >= 15 is 0 Å². The van der Waals surface area contributed by atoms with Gasteiger partial charge in [0.05, 0.1) is 17.7 Å². The molecule has 1 heterocycles. The fourth-order valence-electron chi connectivity index (χ4n) is 3.78. The quantitative estimate of drug-likeness (QED) is 0.930. The number of rotatable bonds is 4. The van der Waals surface area contributed by atoms with Gasteiger partial charge in [-0.2, -0.15) is 5.26 Å². The Morgan fingerprint density at radius 1 is 1.13 bits per heavy atom. The van der Waals surface area contributed by atoms with Crippen molar-refractivity contribution in [3.63, 3.8) is 0 Å². The van der Waals surface area contributed by atoms with Gasteiger partial charge in [-0.1, -0.05) is 31.4 Å². The minimum atomic E-state index is 0.00701. The van der Waals surface area contributed by atoms with Gasteiger partial charge in [-0.15, -0.1) is 0 Å². The number of amides is 1. The summed E-state index contributed by atoms with van der Waals surface area (Å²) in [5.74, 6) is 0.211. The molecule has 1 aromatic carbocycles. The Kier molecular flexibility index (Phi) is 5.30. The Morgan fingerprint density at radius 3 is 2.57 bits per heavy atom. The summed E-state index contributed by atoms with van der Waals surface area (Å²) < 4.78 is 0. The lowest BCUT2D eigenvalue weighted by Crippen LogP contribution is -2.47. The molecule has 1 saturated heterocycles. The predicted molar refractivity (Wildman–Crippen MR) is 89.6 cm³/mol. The van der Waals surface area contributed by atoms with Gasteiger partial charge >= 0.3 is 0 Å². The van der Waals surface area contributed by atoms with Crippen LogP contribution in [0.1, 0.15) is 56.1 Å². The number of hydrogen-bond acceptors (Lipinski definition) is 3. The highest BCUT2D eigenvalue weighted by molar-refractivity contribution is 5.82. The van der Waals surface area contributed by atoms with Crippen molar-refractivity contribution in [2.75, 3.05) is 6.54 Å². The molecule has 1 atom stereocenters. The van der Waals surface area contributed by atoms with E-state index in [9.17, 15) is 4.79 Å². The van der Waals surface area contributed by atoms with Crippen LogP contribution in [0.25, 0.3) is 0 Å². The molecule has 0 aromatic heterocycles. The van der Waals surface area contributed by atoms with Crippen molar-refractivity contribution >= 4 is 5.91 Å². The van der Waals surface area contributed by atoms with E-state index in [1.807, 2.05) is 24.3 Å². The van der Waals surface area contributed by atoms with E-state index in [0.717, 1.165) is 38.8 Å². The minimum absolute atomic E-state index is 0.00701. The van der Waals surface area contributed by atoms with Gasteiger partial charge in [-0.25, -0.2) is 0 Å². The molecule has 2 aliphatic rings. The predicted octanol–water partition coefficient (Wildman–Crippen LogP) is 2.97. The number of carbonyl (C=O) groups is 1. The van der Waals surface area contributed by atoms with Crippen molar-refractivity contribution < 1.29 is 4.79 Å². The summed E-state index contributed by atoms with van der Waals surface area (Å²) in [6, 6.07) is 10.2. The first-order chi connectivity index (χ1) is 11.3. The Hall–Kier alpha value is -1.86. The first kappa shape index (κ1) is 16.0. The third kappa shape index (κ3) is 4.11. The highest BCUT2D eigenvalue weighted by Gasteiger charge is 2.31. The summed E-state index contributed by atoms with van der Waals surface area (Å²) in [4.78, 5) is 14.9. The number of nitrogens with zero attached hydrogens (tertiary/aromatic N) is 2. The van der Waals surface area contributed by atoms with Crippen molar-refractivity contribution in [1.82, 2.24) is 10.2 Å².